The Labute approximate surface area is 166 Å². The fraction of sp³-hybridized carbons (Fsp3) is 0.0952. The van der Waals surface area contributed by atoms with Crippen molar-refractivity contribution in [3.8, 4) is 11.5 Å². The highest BCUT2D eigenvalue weighted by Gasteiger charge is 2.11. The molecule has 0 aliphatic rings. The first kappa shape index (κ1) is 19.3. The fourth-order valence-corrected chi connectivity index (χ4v) is 3.35. The van der Waals surface area contributed by atoms with Crippen LogP contribution in [0.1, 0.15) is 5.56 Å². The van der Waals surface area contributed by atoms with E-state index in [-0.39, 0.29) is 17.5 Å². The van der Waals surface area contributed by atoms with Crippen LogP contribution in [0.15, 0.2) is 72.8 Å². The van der Waals surface area contributed by atoms with Gasteiger partial charge in [-0.05, 0) is 42.0 Å². The van der Waals surface area contributed by atoms with Gasteiger partial charge in [-0.25, -0.2) is 4.39 Å². The topological polar surface area (TPSA) is 38.3 Å². The largest absolute Gasteiger partial charge is 0.455 e. The minimum absolute atomic E-state index is 0.186. The molecule has 3 rings (SSSR count). The van der Waals surface area contributed by atoms with Crippen LogP contribution >= 0.6 is 23.4 Å². The standard InChI is InChI=1S/C21H17ClFNO2S/c22-16-10-11-20(26-17-7-2-1-3-8-17)19(12-16)24-21(25)14-27-13-15-6-4-5-9-18(15)23/h1-12H,13-14H2,(H,24,25). The Morgan fingerprint density at radius 3 is 2.56 bits per heavy atom. The van der Waals surface area contributed by atoms with Crippen molar-refractivity contribution in [2.75, 3.05) is 11.1 Å². The third-order valence-corrected chi connectivity index (χ3v) is 4.85. The van der Waals surface area contributed by atoms with E-state index in [0.717, 1.165) is 0 Å². The minimum atomic E-state index is -0.265. The highest BCUT2D eigenvalue weighted by atomic mass is 35.5. The molecule has 1 amide bonds. The Morgan fingerprint density at radius 2 is 1.78 bits per heavy atom. The molecule has 0 saturated heterocycles. The number of rotatable bonds is 7. The summed E-state index contributed by atoms with van der Waals surface area (Å²) in [6.07, 6.45) is 0. The highest BCUT2D eigenvalue weighted by Crippen LogP contribution is 2.32. The van der Waals surface area contributed by atoms with Gasteiger partial charge in [0.2, 0.25) is 5.91 Å². The van der Waals surface area contributed by atoms with Gasteiger partial charge in [-0.3, -0.25) is 4.79 Å². The van der Waals surface area contributed by atoms with Crippen molar-refractivity contribution >= 4 is 35.0 Å². The minimum Gasteiger partial charge on any atom is -0.455 e. The summed E-state index contributed by atoms with van der Waals surface area (Å²) >= 11 is 7.39. The van der Waals surface area contributed by atoms with Gasteiger partial charge in [0.15, 0.2) is 5.75 Å². The van der Waals surface area contributed by atoms with Crippen molar-refractivity contribution in [3.63, 3.8) is 0 Å². The fourth-order valence-electron chi connectivity index (χ4n) is 2.36. The van der Waals surface area contributed by atoms with Crippen molar-refractivity contribution in [3.05, 3.63) is 89.2 Å². The first-order valence-corrected chi connectivity index (χ1v) is 9.78. The molecule has 0 spiro atoms. The molecule has 0 unspecified atom stereocenters. The predicted octanol–water partition coefficient (Wildman–Crippen LogP) is 6.14. The summed E-state index contributed by atoms with van der Waals surface area (Å²) in [5.74, 6) is 1.28. The van der Waals surface area contributed by atoms with E-state index in [1.807, 2.05) is 30.3 Å². The van der Waals surface area contributed by atoms with Gasteiger partial charge >= 0.3 is 0 Å². The van der Waals surface area contributed by atoms with E-state index in [0.29, 0.717) is 33.5 Å². The van der Waals surface area contributed by atoms with Crippen LogP contribution in [-0.2, 0) is 10.5 Å². The highest BCUT2D eigenvalue weighted by molar-refractivity contribution is 7.99. The Kier molecular flexibility index (Phi) is 6.74. The maximum atomic E-state index is 13.6. The second kappa shape index (κ2) is 9.44. The Morgan fingerprint density at radius 1 is 1.04 bits per heavy atom. The van der Waals surface area contributed by atoms with Crippen LogP contribution in [0.3, 0.4) is 0 Å². The molecular weight excluding hydrogens is 385 g/mol. The van der Waals surface area contributed by atoms with E-state index in [2.05, 4.69) is 5.32 Å². The SMILES string of the molecule is O=C(CSCc1ccccc1F)Nc1cc(Cl)ccc1Oc1ccccc1. The van der Waals surface area contributed by atoms with Crippen molar-refractivity contribution in [2.24, 2.45) is 0 Å². The molecule has 0 saturated carbocycles. The number of halogens is 2. The van der Waals surface area contributed by atoms with Crippen molar-refractivity contribution in [1.29, 1.82) is 0 Å². The zero-order valence-corrected chi connectivity index (χ0v) is 15.9. The third-order valence-electron chi connectivity index (χ3n) is 3.64. The normalized spacial score (nSPS) is 10.4. The van der Waals surface area contributed by atoms with Crippen molar-refractivity contribution in [1.82, 2.24) is 0 Å². The summed E-state index contributed by atoms with van der Waals surface area (Å²) in [7, 11) is 0. The first-order valence-electron chi connectivity index (χ1n) is 8.25. The number of para-hydroxylation sites is 1. The molecule has 0 fully saturated rings. The number of nitrogens with one attached hydrogen (secondary N) is 1. The number of anilines is 1. The summed E-state index contributed by atoms with van der Waals surface area (Å²) in [5, 5.41) is 3.30. The second-order valence-electron chi connectivity index (χ2n) is 5.69. The molecule has 0 bridgehead atoms. The average molecular weight is 402 g/mol. The molecule has 0 aromatic heterocycles. The predicted molar refractivity (Wildman–Crippen MR) is 109 cm³/mol. The van der Waals surface area contributed by atoms with Gasteiger partial charge in [-0.2, -0.15) is 0 Å². The molecule has 6 heteroatoms. The molecule has 3 nitrogen and oxygen atoms in total. The van der Waals surface area contributed by atoms with E-state index in [1.54, 1.807) is 36.4 Å². The molecule has 1 N–H and O–H groups in total. The number of hydrogen-bond donors (Lipinski definition) is 1. The average Bonchev–Trinajstić information content (AvgIpc) is 2.66. The Bertz CT molecular complexity index is 921. The Hall–Kier alpha value is -2.50. The molecule has 0 atom stereocenters. The zero-order chi connectivity index (χ0) is 19.1. The summed E-state index contributed by atoms with van der Waals surface area (Å²) in [4.78, 5) is 12.3. The van der Waals surface area contributed by atoms with Gasteiger partial charge in [0, 0.05) is 10.8 Å². The van der Waals surface area contributed by atoms with Gasteiger partial charge in [0.25, 0.3) is 0 Å². The molecule has 0 heterocycles. The van der Waals surface area contributed by atoms with Crippen LogP contribution < -0.4 is 10.1 Å². The lowest BCUT2D eigenvalue weighted by Gasteiger charge is -2.13. The van der Waals surface area contributed by atoms with Gasteiger partial charge < -0.3 is 10.1 Å². The summed E-state index contributed by atoms with van der Waals surface area (Å²) < 4.78 is 19.4. The number of benzene rings is 3. The van der Waals surface area contributed by atoms with Crippen LogP contribution in [0, 0.1) is 5.82 Å². The number of amides is 1. The van der Waals surface area contributed by atoms with E-state index >= 15 is 0 Å². The Balaban J connectivity index is 1.61. The number of ether oxygens (including phenoxy) is 1. The van der Waals surface area contributed by atoms with Crippen LogP contribution in [0.4, 0.5) is 10.1 Å². The summed E-state index contributed by atoms with van der Waals surface area (Å²) in [6, 6.07) is 20.9. The van der Waals surface area contributed by atoms with Gasteiger partial charge in [-0.1, -0.05) is 48.0 Å². The van der Waals surface area contributed by atoms with Crippen LogP contribution in [0.25, 0.3) is 0 Å². The van der Waals surface area contributed by atoms with Gasteiger partial charge in [0.1, 0.15) is 11.6 Å². The number of thioether (sulfide) groups is 1. The number of carbonyl (C=O) groups excluding carboxylic acids is 1. The van der Waals surface area contributed by atoms with Crippen molar-refractivity contribution < 1.29 is 13.9 Å². The molecule has 138 valence electrons. The lowest BCUT2D eigenvalue weighted by molar-refractivity contribution is -0.113. The maximum absolute atomic E-state index is 13.6. The quantitative estimate of drug-likeness (QED) is 0.516. The molecular formula is C21H17ClFNO2S. The van der Waals surface area contributed by atoms with Gasteiger partial charge in [0.05, 0.1) is 11.4 Å². The molecule has 27 heavy (non-hydrogen) atoms. The van der Waals surface area contributed by atoms with Crippen LogP contribution in [0.2, 0.25) is 5.02 Å². The monoisotopic (exact) mass is 401 g/mol. The first-order chi connectivity index (χ1) is 13.1. The van der Waals surface area contributed by atoms with Gasteiger partial charge in [-0.15, -0.1) is 11.8 Å². The molecule has 0 aliphatic heterocycles. The molecule has 0 radical (unpaired) electrons. The smallest absolute Gasteiger partial charge is 0.234 e. The third kappa shape index (κ3) is 5.74. The number of carbonyl (C=O) groups is 1. The number of hydrogen-bond acceptors (Lipinski definition) is 3. The van der Waals surface area contributed by atoms with Crippen LogP contribution in [0.5, 0.6) is 11.5 Å². The van der Waals surface area contributed by atoms with E-state index in [4.69, 9.17) is 16.3 Å². The van der Waals surface area contributed by atoms with E-state index in [1.165, 1.54) is 17.8 Å². The van der Waals surface area contributed by atoms with E-state index in [9.17, 15) is 9.18 Å². The molecule has 3 aromatic rings. The molecule has 3 aromatic carbocycles. The van der Waals surface area contributed by atoms with E-state index < -0.39 is 0 Å². The zero-order valence-electron chi connectivity index (χ0n) is 14.3. The van der Waals surface area contributed by atoms with Crippen LogP contribution in [-0.4, -0.2) is 11.7 Å². The van der Waals surface area contributed by atoms with Crippen molar-refractivity contribution in [2.45, 2.75) is 5.75 Å². The molecule has 0 aliphatic carbocycles. The maximum Gasteiger partial charge on any atom is 0.234 e. The summed E-state index contributed by atoms with van der Waals surface area (Å²) in [6.45, 7) is 0. The second-order valence-corrected chi connectivity index (χ2v) is 7.11. The summed E-state index contributed by atoms with van der Waals surface area (Å²) in [5.41, 5.74) is 1.06. The lowest BCUT2D eigenvalue weighted by atomic mass is 10.2. The lowest BCUT2D eigenvalue weighted by Crippen LogP contribution is -2.15.